The first-order valence-corrected chi connectivity index (χ1v) is 13.6. The summed E-state index contributed by atoms with van der Waals surface area (Å²) in [6, 6.07) is 0. The minimum atomic E-state index is -0.794. The van der Waals surface area contributed by atoms with Crippen LogP contribution in [0.25, 0.3) is 0 Å². The number of rotatable bonds is 5. The predicted molar refractivity (Wildman–Crippen MR) is 135 cm³/mol. The number of allylic oxidation sites excluding steroid dienone is 3. The third-order valence-corrected chi connectivity index (χ3v) is 11.9. The van der Waals surface area contributed by atoms with Crippen LogP contribution in [0.5, 0.6) is 0 Å². The summed E-state index contributed by atoms with van der Waals surface area (Å²) in [7, 11) is 0. The van der Waals surface area contributed by atoms with E-state index in [9.17, 15) is 9.90 Å². The van der Waals surface area contributed by atoms with Gasteiger partial charge in [0.25, 0.3) is 0 Å². The van der Waals surface area contributed by atoms with Crippen LogP contribution in [0.1, 0.15) is 113 Å². The van der Waals surface area contributed by atoms with Gasteiger partial charge in [-0.25, -0.2) is 4.79 Å². The molecule has 186 valence electrons. The van der Waals surface area contributed by atoms with E-state index in [-0.39, 0.29) is 16.9 Å². The van der Waals surface area contributed by atoms with Crippen molar-refractivity contribution in [2.24, 2.45) is 39.4 Å². The lowest BCUT2D eigenvalue weighted by Crippen LogP contribution is -2.55. The van der Waals surface area contributed by atoms with E-state index >= 15 is 0 Å². The Morgan fingerprint density at radius 2 is 1.73 bits per heavy atom. The Hall–Kier alpha value is -1.09. The van der Waals surface area contributed by atoms with Gasteiger partial charge in [0.2, 0.25) is 0 Å². The zero-order valence-corrected chi connectivity index (χ0v) is 22.3. The molecule has 0 radical (unpaired) electrons. The van der Waals surface area contributed by atoms with Crippen molar-refractivity contribution in [2.45, 2.75) is 119 Å². The van der Waals surface area contributed by atoms with Gasteiger partial charge in [0.15, 0.2) is 0 Å². The third kappa shape index (κ3) is 3.58. The average molecular weight is 457 g/mol. The van der Waals surface area contributed by atoms with Crippen molar-refractivity contribution in [2.75, 3.05) is 0 Å². The van der Waals surface area contributed by atoms with E-state index in [1.54, 1.807) is 18.1 Å². The maximum absolute atomic E-state index is 11.1. The highest BCUT2D eigenvalue weighted by Crippen LogP contribution is 2.72. The standard InChI is InChI=1S/C30H48O3/c1-19(9-8-10-20(2)26(32)33)21-13-17-30(7)23-11-12-24-27(3,4)25(31)15-16-28(24,5)22(23)14-18-29(21,30)6/h10,19,21,24-25,31H,8-9,11-18H2,1-7H3,(H,32,33)/b20-10+/t19-,21-,24+,25?,28-,29-,30+/m1/s1. The monoisotopic (exact) mass is 456 g/mol. The molecular weight excluding hydrogens is 408 g/mol. The zero-order chi connectivity index (χ0) is 24.4. The van der Waals surface area contributed by atoms with Gasteiger partial charge in [0.05, 0.1) is 6.10 Å². The molecule has 3 nitrogen and oxygen atoms in total. The van der Waals surface area contributed by atoms with Gasteiger partial charge in [-0.2, -0.15) is 0 Å². The Morgan fingerprint density at radius 1 is 1.03 bits per heavy atom. The number of aliphatic hydroxyl groups is 1. The summed E-state index contributed by atoms with van der Waals surface area (Å²) in [4.78, 5) is 11.1. The molecule has 2 saturated carbocycles. The minimum Gasteiger partial charge on any atom is -0.478 e. The smallest absolute Gasteiger partial charge is 0.330 e. The SMILES string of the molecule is C/C(=C\CC[C@@H](C)[C@H]1CC[C@@]2(C)C3=C(CC[C@]12C)[C@@]1(C)CCC(O)C(C)(C)[C@@H]1CC3)C(=O)O. The number of fused-ring (bicyclic) bond motifs is 4. The van der Waals surface area contributed by atoms with E-state index in [0.717, 1.165) is 25.7 Å². The molecule has 33 heavy (non-hydrogen) atoms. The predicted octanol–water partition coefficient (Wildman–Crippen LogP) is 7.54. The fourth-order valence-electron chi connectivity index (χ4n) is 9.48. The van der Waals surface area contributed by atoms with Gasteiger partial charge in [-0.15, -0.1) is 0 Å². The first-order valence-electron chi connectivity index (χ1n) is 13.6. The number of hydrogen-bond acceptors (Lipinski definition) is 2. The second kappa shape index (κ2) is 8.25. The highest BCUT2D eigenvalue weighted by atomic mass is 16.4. The molecule has 0 saturated heterocycles. The fourth-order valence-corrected chi connectivity index (χ4v) is 9.48. The molecule has 0 amide bonds. The molecule has 4 aliphatic rings. The van der Waals surface area contributed by atoms with Gasteiger partial charge >= 0.3 is 5.97 Å². The van der Waals surface area contributed by atoms with Crippen LogP contribution in [0, 0.1) is 39.4 Å². The number of carboxylic acids is 1. The fraction of sp³-hybridized carbons (Fsp3) is 0.833. The van der Waals surface area contributed by atoms with E-state index in [2.05, 4.69) is 41.5 Å². The molecule has 1 unspecified atom stereocenters. The molecule has 4 aliphatic carbocycles. The molecule has 0 aliphatic heterocycles. The quantitative estimate of drug-likeness (QED) is 0.332. The van der Waals surface area contributed by atoms with Gasteiger partial charge in [0.1, 0.15) is 0 Å². The van der Waals surface area contributed by atoms with Crippen LogP contribution >= 0.6 is 0 Å². The normalized spacial score (nSPS) is 43.5. The minimum absolute atomic E-state index is 0.00150. The Bertz CT molecular complexity index is 866. The molecule has 2 N–H and O–H groups in total. The number of carboxylic acid groups (broad SMARTS) is 1. The van der Waals surface area contributed by atoms with Crippen LogP contribution in [0.4, 0.5) is 0 Å². The van der Waals surface area contributed by atoms with Gasteiger partial charge in [-0.1, -0.05) is 58.8 Å². The summed E-state index contributed by atoms with van der Waals surface area (Å²) in [5.74, 6) is 1.12. The van der Waals surface area contributed by atoms with Crippen molar-refractivity contribution in [3.05, 3.63) is 22.8 Å². The van der Waals surface area contributed by atoms with Crippen LogP contribution in [0.15, 0.2) is 22.8 Å². The van der Waals surface area contributed by atoms with Crippen LogP contribution in [0.3, 0.4) is 0 Å². The lowest BCUT2D eigenvalue weighted by atomic mass is 9.43. The summed E-state index contributed by atoms with van der Waals surface area (Å²) in [5, 5.41) is 20.0. The number of aliphatic hydroxyl groups excluding tert-OH is 1. The van der Waals surface area contributed by atoms with E-state index < -0.39 is 5.97 Å². The van der Waals surface area contributed by atoms with Gasteiger partial charge < -0.3 is 10.2 Å². The second-order valence-electron chi connectivity index (χ2n) is 13.5. The Balaban J connectivity index is 1.60. The summed E-state index contributed by atoms with van der Waals surface area (Å²) < 4.78 is 0. The highest BCUT2D eigenvalue weighted by molar-refractivity contribution is 5.85. The molecule has 0 bridgehead atoms. The summed E-state index contributed by atoms with van der Waals surface area (Å²) >= 11 is 0. The lowest BCUT2D eigenvalue weighted by Gasteiger charge is -2.62. The molecule has 0 aromatic heterocycles. The van der Waals surface area contributed by atoms with E-state index in [1.807, 2.05) is 6.08 Å². The Labute approximate surface area is 202 Å². The van der Waals surface area contributed by atoms with Crippen molar-refractivity contribution in [1.29, 1.82) is 0 Å². The molecule has 4 rings (SSSR count). The molecule has 0 spiro atoms. The number of hydrogen-bond donors (Lipinski definition) is 2. The first kappa shape index (κ1) is 25.0. The van der Waals surface area contributed by atoms with Crippen LogP contribution in [0.2, 0.25) is 0 Å². The van der Waals surface area contributed by atoms with Gasteiger partial charge in [0, 0.05) is 5.57 Å². The zero-order valence-electron chi connectivity index (χ0n) is 22.3. The summed E-state index contributed by atoms with van der Waals surface area (Å²) in [5.41, 5.74) is 4.95. The maximum Gasteiger partial charge on any atom is 0.330 e. The lowest BCUT2D eigenvalue weighted by molar-refractivity contribution is -0.132. The Kier molecular flexibility index (Phi) is 6.25. The molecule has 7 atom stereocenters. The maximum atomic E-state index is 11.1. The first-order chi connectivity index (χ1) is 15.3. The average Bonchev–Trinajstić information content (AvgIpc) is 3.02. The topological polar surface area (TPSA) is 57.5 Å². The van der Waals surface area contributed by atoms with Crippen molar-refractivity contribution in [1.82, 2.24) is 0 Å². The molecule has 2 fully saturated rings. The van der Waals surface area contributed by atoms with Crippen molar-refractivity contribution < 1.29 is 15.0 Å². The molecule has 0 aromatic rings. The van der Waals surface area contributed by atoms with E-state index in [1.165, 1.54) is 38.5 Å². The van der Waals surface area contributed by atoms with Crippen LogP contribution in [-0.4, -0.2) is 22.3 Å². The number of aliphatic carboxylic acids is 1. The van der Waals surface area contributed by atoms with Crippen LogP contribution < -0.4 is 0 Å². The molecule has 0 heterocycles. The summed E-state index contributed by atoms with van der Waals surface area (Å²) in [6.45, 7) is 16.5. The highest BCUT2D eigenvalue weighted by Gasteiger charge is 2.63. The molecule has 3 heteroatoms. The molecule has 0 aromatic carbocycles. The van der Waals surface area contributed by atoms with Crippen molar-refractivity contribution in [3.63, 3.8) is 0 Å². The Morgan fingerprint density at radius 3 is 2.39 bits per heavy atom. The van der Waals surface area contributed by atoms with Gasteiger partial charge in [-0.05, 0) is 111 Å². The van der Waals surface area contributed by atoms with E-state index in [0.29, 0.717) is 34.2 Å². The van der Waals surface area contributed by atoms with Crippen molar-refractivity contribution in [3.8, 4) is 0 Å². The van der Waals surface area contributed by atoms with Crippen molar-refractivity contribution >= 4 is 5.97 Å². The summed E-state index contributed by atoms with van der Waals surface area (Å²) in [6.07, 6.45) is 13.3. The second-order valence-corrected chi connectivity index (χ2v) is 13.5. The van der Waals surface area contributed by atoms with E-state index in [4.69, 9.17) is 5.11 Å². The largest absolute Gasteiger partial charge is 0.478 e. The third-order valence-electron chi connectivity index (χ3n) is 11.9. The van der Waals surface area contributed by atoms with Crippen LogP contribution in [-0.2, 0) is 4.79 Å². The molecular formula is C30H48O3. The number of carbonyl (C=O) groups is 1. The van der Waals surface area contributed by atoms with Gasteiger partial charge in [-0.3, -0.25) is 0 Å².